The molecule has 3 nitrogen and oxygen atoms in total. The first kappa shape index (κ1) is 15.7. The van der Waals surface area contributed by atoms with Gasteiger partial charge in [0.1, 0.15) is 0 Å². The maximum Gasteiger partial charge on any atom is 0.193 e. The van der Waals surface area contributed by atoms with E-state index in [1.54, 1.807) is 0 Å². The molecule has 1 aliphatic rings. The van der Waals surface area contributed by atoms with Gasteiger partial charge in [-0.3, -0.25) is 4.99 Å². The highest BCUT2D eigenvalue weighted by molar-refractivity contribution is 7.98. The summed E-state index contributed by atoms with van der Waals surface area (Å²) in [7, 11) is 0. The quantitative estimate of drug-likeness (QED) is 0.473. The summed E-state index contributed by atoms with van der Waals surface area (Å²) in [6, 6.07) is 0. The van der Waals surface area contributed by atoms with Gasteiger partial charge < -0.3 is 10.2 Å². The Morgan fingerprint density at radius 3 is 2.56 bits per heavy atom. The second-order valence-corrected chi connectivity index (χ2v) is 6.42. The van der Waals surface area contributed by atoms with Gasteiger partial charge in [0.05, 0.1) is 0 Å². The van der Waals surface area contributed by atoms with Crippen molar-refractivity contribution in [1.29, 1.82) is 0 Å². The summed E-state index contributed by atoms with van der Waals surface area (Å²) in [5.41, 5.74) is 0. The third kappa shape index (κ3) is 5.51. The molecule has 1 aliphatic heterocycles. The smallest absolute Gasteiger partial charge is 0.193 e. The number of rotatable bonds is 5. The zero-order valence-electron chi connectivity index (χ0n) is 12.4. The summed E-state index contributed by atoms with van der Waals surface area (Å²) >= 11 is 1.90. The Bertz CT molecular complexity index is 245. The first-order chi connectivity index (χ1) is 8.67. The van der Waals surface area contributed by atoms with Crippen LogP contribution in [0.5, 0.6) is 0 Å². The van der Waals surface area contributed by atoms with Gasteiger partial charge in [-0.25, -0.2) is 0 Å². The third-order valence-corrected chi connectivity index (χ3v) is 3.97. The van der Waals surface area contributed by atoms with E-state index in [2.05, 4.69) is 37.2 Å². The molecular formula is C14H29N3S. The van der Waals surface area contributed by atoms with Gasteiger partial charge in [0, 0.05) is 26.2 Å². The summed E-state index contributed by atoms with van der Waals surface area (Å²) in [4.78, 5) is 7.21. The number of thioether (sulfide) groups is 1. The van der Waals surface area contributed by atoms with E-state index in [1.807, 2.05) is 11.8 Å². The zero-order valence-corrected chi connectivity index (χ0v) is 13.2. The molecule has 0 aromatic rings. The molecule has 1 fully saturated rings. The SMILES string of the molecule is CCNC(=NCCCSC)N1CC(C)CC(C)C1. The number of likely N-dealkylation sites (tertiary alicyclic amines) is 1. The van der Waals surface area contributed by atoms with Crippen molar-refractivity contribution in [1.82, 2.24) is 10.2 Å². The number of hydrogen-bond acceptors (Lipinski definition) is 2. The van der Waals surface area contributed by atoms with Crippen molar-refractivity contribution in [2.24, 2.45) is 16.8 Å². The van der Waals surface area contributed by atoms with Crippen LogP contribution in [0.1, 0.15) is 33.6 Å². The molecule has 2 unspecified atom stereocenters. The van der Waals surface area contributed by atoms with Crippen LogP contribution in [-0.4, -0.2) is 49.0 Å². The Kier molecular flexibility index (Phi) is 7.56. The first-order valence-corrected chi connectivity index (χ1v) is 8.59. The number of nitrogens with one attached hydrogen (secondary N) is 1. The molecule has 1 rings (SSSR count). The molecule has 18 heavy (non-hydrogen) atoms. The van der Waals surface area contributed by atoms with Gasteiger partial charge in [-0.1, -0.05) is 13.8 Å². The highest BCUT2D eigenvalue weighted by Crippen LogP contribution is 2.20. The topological polar surface area (TPSA) is 27.6 Å². The highest BCUT2D eigenvalue weighted by atomic mass is 32.2. The Morgan fingerprint density at radius 2 is 2.00 bits per heavy atom. The lowest BCUT2D eigenvalue weighted by Crippen LogP contribution is -2.48. The molecule has 106 valence electrons. The van der Waals surface area contributed by atoms with Gasteiger partial charge in [-0.2, -0.15) is 11.8 Å². The largest absolute Gasteiger partial charge is 0.357 e. The van der Waals surface area contributed by atoms with Crippen LogP contribution in [0.4, 0.5) is 0 Å². The predicted molar refractivity (Wildman–Crippen MR) is 83.5 cm³/mol. The summed E-state index contributed by atoms with van der Waals surface area (Å²) in [5, 5.41) is 3.44. The minimum absolute atomic E-state index is 0.781. The standard InChI is InChI=1S/C14H29N3S/c1-5-15-14(16-7-6-8-18-4)17-10-12(2)9-13(3)11-17/h12-13H,5-11H2,1-4H3,(H,15,16). The molecule has 0 saturated carbocycles. The van der Waals surface area contributed by atoms with Crippen LogP contribution in [-0.2, 0) is 0 Å². The average molecular weight is 271 g/mol. The fraction of sp³-hybridized carbons (Fsp3) is 0.929. The normalized spacial score (nSPS) is 25.3. The van der Waals surface area contributed by atoms with Crippen LogP contribution in [0.25, 0.3) is 0 Å². The van der Waals surface area contributed by atoms with Crippen LogP contribution in [0.2, 0.25) is 0 Å². The molecule has 0 aliphatic carbocycles. The number of piperidine rings is 1. The van der Waals surface area contributed by atoms with Crippen molar-refractivity contribution in [3.63, 3.8) is 0 Å². The maximum atomic E-state index is 4.76. The van der Waals surface area contributed by atoms with E-state index in [0.717, 1.165) is 44.0 Å². The second kappa shape index (κ2) is 8.68. The van der Waals surface area contributed by atoms with Gasteiger partial charge in [0.15, 0.2) is 5.96 Å². The Hall–Kier alpha value is -0.380. The van der Waals surface area contributed by atoms with Crippen LogP contribution >= 0.6 is 11.8 Å². The van der Waals surface area contributed by atoms with Crippen LogP contribution in [0.15, 0.2) is 4.99 Å². The lowest BCUT2D eigenvalue weighted by molar-refractivity contribution is 0.208. The highest BCUT2D eigenvalue weighted by Gasteiger charge is 2.23. The molecule has 0 spiro atoms. The van der Waals surface area contributed by atoms with Gasteiger partial charge in [-0.15, -0.1) is 0 Å². The van der Waals surface area contributed by atoms with E-state index in [1.165, 1.54) is 18.6 Å². The van der Waals surface area contributed by atoms with E-state index in [-0.39, 0.29) is 0 Å². The fourth-order valence-corrected chi connectivity index (χ4v) is 3.07. The molecule has 1 N–H and O–H groups in total. The zero-order chi connectivity index (χ0) is 13.4. The molecule has 0 aromatic heterocycles. The molecule has 1 saturated heterocycles. The number of hydrogen-bond donors (Lipinski definition) is 1. The van der Waals surface area contributed by atoms with Gasteiger partial charge in [-0.05, 0) is 43.6 Å². The van der Waals surface area contributed by atoms with Crippen molar-refractivity contribution in [3.8, 4) is 0 Å². The second-order valence-electron chi connectivity index (χ2n) is 5.43. The van der Waals surface area contributed by atoms with Gasteiger partial charge in [0.25, 0.3) is 0 Å². The van der Waals surface area contributed by atoms with Crippen LogP contribution < -0.4 is 5.32 Å². The Labute approximate surface area is 117 Å². The van der Waals surface area contributed by atoms with E-state index >= 15 is 0 Å². The first-order valence-electron chi connectivity index (χ1n) is 7.19. The van der Waals surface area contributed by atoms with Crippen molar-refractivity contribution in [2.75, 3.05) is 38.2 Å². The van der Waals surface area contributed by atoms with E-state index in [4.69, 9.17) is 4.99 Å². The number of nitrogens with zero attached hydrogens (tertiary/aromatic N) is 2. The van der Waals surface area contributed by atoms with Gasteiger partial charge in [0.2, 0.25) is 0 Å². The van der Waals surface area contributed by atoms with Gasteiger partial charge >= 0.3 is 0 Å². The monoisotopic (exact) mass is 271 g/mol. The van der Waals surface area contributed by atoms with Crippen molar-refractivity contribution >= 4 is 17.7 Å². The number of aliphatic imine (C=N–C) groups is 1. The van der Waals surface area contributed by atoms with Crippen molar-refractivity contribution < 1.29 is 0 Å². The lowest BCUT2D eigenvalue weighted by atomic mass is 9.92. The predicted octanol–water partition coefficient (Wildman–Crippen LogP) is 2.68. The molecular weight excluding hydrogens is 242 g/mol. The Balaban J connectivity index is 2.53. The molecule has 0 radical (unpaired) electrons. The van der Waals surface area contributed by atoms with Crippen LogP contribution in [0.3, 0.4) is 0 Å². The third-order valence-electron chi connectivity index (χ3n) is 3.27. The average Bonchev–Trinajstić information content (AvgIpc) is 2.32. The van der Waals surface area contributed by atoms with Crippen LogP contribution in [0, 0.1) is 11.8 Å². The summed E-state index contributed by atoms with van der Waals surface area (Å²) in [6.45, 7) is 11.1. The van der Waals surface area contributed by atoms with E-state index in [9.17, 15) is 0 Å². The Morgan fingerprint density at radius 1 is 1.33 bits per heavy atom. The maximum absolute atomic E-state index is 4.76. The van der Waals surface area contributed by atoms with E-state index in [0.29, 0.717) is 0 Å². The summed E-state index contributed by atoms with van der Waals surface area (Å²) < 4.78 is 0. The summed E-state index contributed by atoms with van der Waals surface area (Å²) in [5.74, 6) is 3.89. The summed E-state index contributed by atoms with van der Waals surface area (Å²) in [6.07, 6.45) is 4.68. The molecule has 0 amide bonds. The molecule has 2 atom stereocenters. The fourth-order valence-electron chi connectivity index (χ4n) is 2.66. The van der Waals surface area contributed by atoms with Crippen molar-refractivity contribution in [3.05, 3.63) is 0 Å². The molecule has 0 aromatic carbocycles. The molecule has 1 heterocycles. The molecule has 0 bridgehead atoms. The number of guanidine groups is 1. The minimum atomic E-state index is 0.781. The molecule has 4 heteroatoms. The van der Waals surface area contributed by atoms with E-state index < -0.39 is 0 Å². The van der Waals surface area contributed by atoms with Crippen molar-refractivity contribution in [2.45, 2.75) is 33.6 Å². The minimum Gasteiger partial charge on any atom is -0.357 e. The lowest BCUT2D eigenvalue weighted by Gasteiger charge is -2.37.